The van der Waals surface area contributed by atoms with Crippen LogP contribution in [0.2, 0.25) is 0 Å². The second-order valence-corrected chi connectivity index (χ2v) is 3.98. The van der Waals surface area contributed by atoms with Crippen molar-refractivity contribution in [2.24, 2.45) is 0 Å². The van der Waals surface area contributed by atoms with Gasteiger partial charge in [0.2, 0.25) is 0 Å². The van der Waals surface area contributed by atoms with Crippen molar-refractivity contribution in [1.82, 2.24) is 0 Å². The van der Waals surface area contributed by atoms with Gasteiger partial charge < -0.3 is 5.32 Å². The molecule has 0 fully saturated rings. The highest BCUT2D eigenvalue weighted by molar-refractivity contribution is 5.97. The van der Waals surface area contributed by atoms with Crippen LogP contribution in [0.5, 0.6) is 0 Å². The van der Waals surface area contributed by atoms with E-state index in [1.807, 2.05) is 43.3 Å². The number of anilines is 2. The molecule has 3 heteroatoms. The maximum atomic E-state index is 11.2. The van der Waals surface area contributed by atoms with Crippen LogP contribution < -0.4 is 5.32 Å². The standard InChI is InChI=1S/C15H13NO2/c1-11-7-8-15(14(10-18)13(11)9-17)16-12-5-3-2-4-6-12/h2-10,16H,1H3. The van der Waals surface area contributed by atoms with E-state index in [2.05, 4.69) is 5.32 Å². The van der Waals surface area contributed by atoms with E-state index in [-0.39, 0.29) is 0 Å². The number of hydrogen-bond acceptors (Lipinski definition) is 3. The zero-order valence-corrected chi connectivity index (χ0v) is 10.0. The quantitative estimate of drug-likeness (QED) is 0.832. The van der Waals surface area contributed by atoms with Gasteiger partial charge in [-0.1, -0.05) is 24.3 Å². The van der Waals surface area contributed by atoms with Gasteiger partial charge in [0, 0.05) is 22.5 Å². The maximum Gasteiger partial charge on any atom is 0.152 e. The molecule has 0 aliphatic carbocycles. The van der Waals surface area contributed by atoms with Crippen molar-refractivity contribution in [1.29, 1.82) is 0 Å². The van der Waals surface area contributed by atoms with E-state index in [9.17, 15) is 9.59 Å². The second-order valence-electron chi connectivity index (χ2n) is 3.98. The summed E-state index contributed by atoms with van der Waals surface area (Å²) in [5.41, 5.74) is 3.15. The summed E-state index contributed by atoms with van der Waals surface area (Å²) in [6.45, 7) is 1.81. The smallest absolute Gasteiger partial charge is 0.152 e. The predicted molar refractivity (Wildman–Crippen MR) is 71.7 cm³/mol. The number of carbonyl (C=O) groups is 2. The molecule has 0 saturated heterocycles. The van der Waals surface area contributed by atoms with Gasteiger partial charge in [-0.05, 0) is 30.7 Å². The van der Waals surface area contributed by atoms with Crippen molar-refractivity contribution in [3.63, 3.8) is 0 Å². The molecular formula is C15H13NO2. The second kappa shape index (κ2) is 5.27. The molecule has 0 spiro atoms. The molecule has 2 aromatic rings. The van der Waals surface area contributed by atoms with Crippen LogP contribution in [0, 0.1) is 6.92 Å². The Bertz CT molecular complexity index is 577. The first-order valence-corrected chi connectivity index (χ1v) is 5.62. The van der Waals surface area contributed by atoms with Crippen molar-refractivity contribution < 1.29 is 9.59 Å². The molecule has 0 amide bonds. The summed E-state index contributed by atoms with van der Waals surface area (Å²) in [6, 6.07) is 13.1. The molecule has 18 heavy (non-hydrogen) atoms. The van der Waals surface area contributed by atoms with E-state index in [0.717, 1.165) is 17.5 Å². The zero-order chi connectivity index (χ0) is 13.0. The molecule has 2 rings (SSSR count). The van der Waals surface area contributed by atoms with E-state index in [0.29, 0.717) is 23.1 Å². The van der Waals surface area contributed by atoms with Gasteiger partial charge in [-0.25, -0.2) is 0 Å². The Morgan fingerprint density at radius 3 is 2.17 bits per heavy atom. The number of para-hydroxylation sites is 1. The summed E-state index contributed by atoms with van der Waals surface area (Å²) in [4.78, 5) is 22.2. The van der Waals surface area contributed by atoms with Crippen LogP contribution in [0.3, 0.4) is 0 Å². The average Bonchev–Trinajstić information content (AvgIpc) is 2.41. The van der Waals surface area contributed by atoms with Gasteiger partial charge in [0.1, 0.15) is 0 Å². The highest BCUT2D eigenvalue weighted by Crippen LogP contribution is 2.24. The van der Waals surface area contributed by atoms with Crippen molar-refractivity contribution in [2.75, 3.05) is 5.32 Å². The lowest BCUT2D eigenvalue weighted by Gasteiger charge is -2.11. The fraction of sp³-hybridized carbons (Fsp3) is 0.0667. The van der Waals surface area contributed by atoms with Gasteiger partial charge in [0.15, 0.2) is 12.6 Å². The number of carbonyl (C=O) groups excluding carboxylic acids is 2. The lowest BCUT2D eigenvalue weighted by Crippen LogP contribution is -2.01. The van der Waals surface area contributed by atoms with Gasteiger partial charge in [-0.3, -0.25) is 9.59 Å². The van der Waals surface area contributed by atoms with Crippen LogP contribution in [-0.2, 0) is 0 Å². The van der Waals surface area contributed by atoms with Crippen LogP contribution in [0.1, 0.15) is 26.3 Å². The van der Waals surface area contributed by atoms with Crippen molar-refractivity contribution in [3.05, 3.63) is 59.2 Å². The van der Waals surface area contributed by atoms with E-state index in [1.54, 1.807) is 6.07 Å². The minimum absolute atomic E-state index is 0.397. The van der Waals surface area contributed by atoms with E-state index in [1.165, 1.54) is 0 Å². The Labute approximate surface area is 105 Å². The number of aryl methyl sites for hydroxylation is 1. The first-order valence-electron chi connectivity index (χ1n) is 5.62. The number of nitrogens with one attached hydrogen (secondary N) is 1. The molecule has 0 radical (unpaired) electrons. The summed E-state index contributed by atoms with van der Waals surface area (Å²) >= 11 is 0. The van der Waals surface area contributed by atoms with Gasteiger partial charge >= 0.3 is 0 Å². The van der Waals surface area contributed by atoms with Crippen LogP contribution in [-0.4, -0.2) is 12.6 Å². The molecule has 2 aromatic carbocycles. The molecule has 3 nitrogen and oxygen atoms in total. The topological polar surface area (TPSA) is 46.2 Å². The zero-order valence-electron chi connectivity index (χ0n) is 10.0. The number of aldehydes is 2. The molecule has 1 N–H and O–H groups in total. The fourth-order valence-corrected chi connectivity index (χ4v) is 1.81. The largest absolute Gasteiger partial charge is 0.355 e. The van der Waals surface area contributed by atoms with Crippen LogP contribution in [0.25, 0.3) is 0 Å². The normalized spacial score (nSPS) is 9.83. The Morgan fingerprint density at radius 1 is 0.889 bits per heavy atom. The molecule has 0 aliphatic rings. The molecule has 90 valence electrons. The summed E-state index contributed by atoms with van der Waals surface area (Å²) in [5.74, 6) is 0. The SMILES string of the molecule is Cc1ccc(Nc2ccccc2)c(C=O)c1C=O. The third kappa shape index (κ3) is 2.30. The van der Waals surface area contributed by atoms with E-state index < -0.39 is 0 Å². The minimum atomic E-state index is 0.397. The summed E-state index contributed by atoms with van der Waals surface area (Å²) in [6.07, 6.45) is 1.43. The van der Waals surface area contributed by atoms with Gasteiger partial charge in [-0.2, -0.15) is 0 Å². The van der Waals surface area contributed by atoms with E-state index in [4.69, 9.17) is 0 Å². The van der Waals surface area contributed by atoms with Crippen LogP contribution >= 0.6 is 0 Å². The molecule has 0 aliphatic heterocycles. The molecule has 0 aromatic heterocycles. The number of benzene rings is 2. The Kier molecular flexibility index (Phi) is 3.53. The van der Waals surface area contributed by atoms with Gasteiger partial charge in [0.25, 0.3) is 0 Å². The Morgan fingerprint density at radius 2 is 1.56 bits per heavy atom. The molecule has 0 heterocycles. The lowest BCUT2D eigenvalue weighted by molar-refractivity contribution is 0.109. The van der Waals surface area contributed by atoms with Crippen LogP contribution in [0.15, 0.2) is 42.5 Å². The van der Waals surface area contributed by atoms with Crippen LogP contribution in [0.4, 0.5) is 11.4 Å². The molecule has 0 atom stereocenters. The van der Waals surface area contributed by atoms with Crippen molar-refractivity contribution in [3.8, 4) is 0 Å². The predicted octanol–water partition coefficient (Wildman–Crippen LogP) is 3.36. The Hall–Kier alpha value is -2.42. The summed E-state index contributed by atoms with van der Waals surface area (Å²) in [5, 5.41) is 3.14. The third-order valence-electron chi connectivity index (χ3n) is 2.79. The van der Waals surface area contributed by atoms with Gasteiger partial charge in [0.05, 0.1) is 0 Å². The highest BCUT2D eigenvalue weighted by Gasteiger charge is 2.10. The molecule has 0 saturated carbocycles. The molecule has 0 unspecified atom stereocenters. The third-order valence-corrected chi connectivity index (χ3v) is 2.79. The van der Waals surface area contributed by atoms with Crippen molar-refractivity contribution >= 4 is 23.9 Å². The fourth-order valence-electron chi connectivity index (χ4n) is 1.81. The monoisotopic (exact) mass is 239 g/mol. The maximum absolute atomic E-state index is 11.2. The summed E-state index contributed by atoms with van der Waals surface area (Å²) in [7, 11) is 0. The van der Waals surface area contributed by atoms with E-state index >= 15 is 0 Å². The average molecular weight is 239 g/mol. The minimum Gasteiger partial charge on any atom is -0.355 e. The lowest BCUT2D eigenvalue weighted by atomic mass is 10.0. The molecular weight excluding hydrogens is 226 g/mol. The molecule has 0 bridgehead atoms. The summed E-state index contributed by atoms with van der Waals surface area (Å²) < 4.78 is 0. The van der Waals surface area contributed by atoms with Crippen molar-refractivity contribution in [2.45, 2.75) is 6.92 Å². The highest BCUT2D eigenvalue weighted by atomic mass is 16.1. The first-order chi connectivity index (χ1) is 8.76. The van der Waals surface area contributed by atoms with Gasteiger partial charge in [-0.15, -0.1) is 0 Å². The Balaban J connectivity index is 2.45. The number of hydrogen-bond donors (Lipinski definition) is 1. The number of rotatable bonds is 4. The first kappa shape index (κ1) is 12.0.